The fourth-order valence-corrected chi connectivity index (χ4v) is 12.3. The first-order valence-corrected chi connectivity index (χ1v) is 33.6. The summed E-state index contributed by atoms with van der Waals surface area (Å²) in [7, 11) is 0. The van der Waals surface area contributed by atoms with Crippen molar-refractivity contribution in [3.63, 3.8) is 0 Å². The van der Waals surface area contributed by atoms with Gasteiger partial charge in [0.25, 0.3) is 0 Å². The summed E-state index contributed by atoms with van der Waals surface area (Å²) in [4.78, 5) is 18.7. The third kappa shape index (κ3) is 29.1. The highest BCUT2D eigenvalue weighted by atomic mass is 16.5. The monoisotopic (exact) mass is 1070 g/mol. The molecule has 0 atom stereocenters. The Labute approximate surface area is 480 Å². The van der Waals surface area contributed by atoms with E-state index in [1.165, 1.54) is 255 Å². The van der Waals surface area contributed by atoms with Crippen LogP contribution in [0.5, 0.6) is 11.5 Å². The Morgan fingerprint density at radius 1 is 0.308 bits per heavy atom. The summed E-state index contributed by atoms with van der Waals surface area (Å²) < 4.78 is 11.9. The lowest BCUT2D eigenvalue weighted by Gasteiger charge is -2.28. The average molecular weight is 1070 g/mol. The van der Waals surface area contributed by atoms with Gasteiger partial charge in [0, 0.05) is 35.9 Å². The SMILES string of the molecule is CCCCCCCCCCOc1ccc(-c2ncc(CCC3CCC(CCCCCCC)CC3)cn2)cc1.CCCCCCCCCCOc1ccc(-c2ncc(CCC3CCC(CCCCCCCCC)CC3)cn2)cc1. The van der Waals surface area contributed by atoms with E-state index in [1.807, 2.05) is 24.8 Å². The van der Waals surface area contributed by atoms with Gasteiger partial charge in [0.15, 0.2) is 11.6 Å². The number of nitrogens with zero attached hydrogens (tertiary/aromatic N) is 4. The molecule has 0 unspecified atom stereocenters. The van der Waals surface area contributed by atoms with Gasteiger partial charge in [-0.25, -0.2) is 19.9 Å². The number of aromatic nitrogens is 4. The van der Waals surface area contributed by atoms with E-state index < -0.39 is 0 Å². The van der Waals surface area contributed by atoms with E-state index >= 15 is 0 Å². The average Bonchev–Trinajstić information content (AvgIpc) is 3.49. The summed E-state index contributed by atoms with van der Waals surface area (Å²) in [5, 5.41) is 0. The van der Waals surface area contributed by atoms with Crippen LogP contribution in [-0.2, 0) is 12.8 Å². The molecule has 4 aromatic rings. The molecule has 2 aromatic carbocycles. The van der Waals surface area contributed by atoms with Crippen LogP contribution in [0, 0.1) is 23.7 Å². The van der Waals surface area contributed by atoms with E-state index in [9.17, 15) is 0 Å². The lowest BCUT2D eigenvalue weighted by atomic mass is 9.78. The van der Waals surface area contributed by atoms with Crippen LogP contribution < -0.4 is 9.47 Å². The summed E-state index contributed by atoms with van der Waals surface area (Å²) in [6.07, 6.45) is 65.7. The summed E-state index contributed by atoms with van der Waals surface area (Å²) in [5.74, 6) is 7.29. The fraction of sp³-hybridized carbons (Fsp3) is 0.722. The molecule has 0 saturated heterocycles. The second-order valence-electron chi connectivity index (χ2n) is 24.5. The van der Waals surface area contributed by atoms with E-state index in [0.29, 0.717) is 0 Å². The largest absolute Gasteiger partial charge is 0.494 e. The van der Waals surface area contributed by atoms with Gasteiger partial charge in [0.05, 0.1) is 13.2 Å². The van der Waals surface area contributed by atoms with Crippen LogP contribution in [0.1, 0.15) is 296 Å². The molecule has 2 fully saturated rings. The topological polar surface area (TPSA) is 70.0 Å². The molecule has 6 rings (SSSR count). The Hall–Kier alpha value is -3.80. The van der Waals surface area contributed by atoms with E-state index in [4.69, 9.17) is 19.4 Å². The highest BCUT2D eigenvalue weighted by Crippen LogP contribution is 2.36. The molecule has 0 amide bonds. The Kier molecular flexibility index (Phi) is 35.8. The number of benzene rings is 2. The maximum absolute atomic E-state index is 5.96. The van der Waals surface area contributed by atoms with Crippen molar-refractivity contribution in [1.82, 2.24) is 19.9 Å². The maximum atomic E-state index is 5.96. The molecule has 0 N–H and O–H groups in total. The predicted molar refractivity (Wildman–Crippen MR) is 335 cm³/mol. The molecule has 0 spiro atoms. The van der Waals surface area contributed by atoms with Crippen molar-refractivity contribution in [3.05, 3.63) is 84.4 Å². The second-order valence-corrected chi connectivity index (χ2v) is 24.5. The van der Waals surface area contributed by atoms with E-state index in [2.05, 4.69) is 86.2 Å². The minimum atomic E-state index is 0.806. The van der Waals surface area contributed by atoms with Crippen molar-refractivity contribution < 1.29 is 9.47 Å². The molecule has 2 saturated carbocycles. The number of ether oxygens (including phenoxy) is 2. The van der Waals surface area contributed by atoms with Crippen molar-refractivity contribution in [1.29, 1.82) is 0 Å². The lowest BCUT2D eigenvalue weighted by Crippen LogP contribution is -2.15. The van der Waals surface area contributed by atoms with Crippen LogP contribution in [0.4, 0.5) is 0 Å². The van der Waals surface area contributed by atoms with Gasteiger partial charge < -0.3 is 9.47 Å². The van der Waals surface area contributed by atoms with Crippen molar-refractivity contribution in [2.45, 2.75) is 297 Å². The quantitative estimate of drug-likeness (QED) is 0.0412. The van der Waals surface area contributed by atoms with Crippen LogP contribution >= 0.6 is 0 Å². The van der Waals surface area contributed by atoms with E-state index in [0.717, 1.165) is 96.8 Å². The molecule has 0 aliphatic heterocycles. The highest BCUT2D eigenvalue weighted by Gasteiger charge is 2.22. The lowest BCUT2D eigenvalue weighted by molar-refractivity contribution is 0.248. The molecular weight excluding hydrogens is 953 g/mol. The maximum Gasteiger partial charge on any atom is 0.159 e. The van der Waals surface area contributed by atoms with Crippen molar-refractivity contribution in [2.75, 3.05) is 13.2 Å². The first kappa shape index (κ1) is 65.0. The van der Waals surface area contributed by atoms with Gasteiger partial charge in [-0.2, -0.15) is 0 Å². The molecule has 2 heterocycles. The number of unbranched alkanes of at least 4 members (excludes halogenated alkanes) is 24. The van der Waals surface area contributed by atoms with Crippen LogP contribution in [0.25, 0.3) is 22.8 Å². The fourth-order valence-electron chi connectivity index (χ4n) is 12.3. The molecule has 2 aliphatic carbocycles. The Morgan fingerprint density at radius 3 is 0.859 bits per heavy atom. The first-order chi connectivity index (χ1) is 38.6. The minimum absolute atomic E-state index is 0.806. The van der Waals surface area contributed by atoms with Crippen LogP contribution in [-0.4, -0.2) is 33.1 Å². The normalized spacial score (nSPS) is 17.4. The molecular formula is C72H116N4O2. The Bertz CT molecular complexity index is 1970. The van der Waals surface area contributed by atoms with Gasteiger partial charge in [-0.3, -0.25) is 0 Å². The first-order valence-electron chi connectivity index (χ1n) is 33.6. The zero-order chi connectivity index (χ0) is 54.8. The van der Waals surface area contributed by atoms with Gasteiger partial charge in [-0.1, -0.05) is 259 Å². The summed E-state index contributed by atoms with van der Waals surface area (Å²) >= 11 is 0. The number of hydrogen-bond donors (Lipinski definition) is 0. The van der Waals surface area contributed by atoms with Crippen LogP contribution in [0.15, 0.2) is 73.3 Å². The van der Waals surface area contributed by atoms with Crippen molar-refractivity contribution in [2.24, 2.45) is 23.7 Å². The van der Waals surface area contributed by atoms with Gasteiger partial charge in [-0.05, 0) is 122 Å². The second kappa shape index (κ2) is 43.0. The molecule has 0 radical (unpaired) electrons. The molecule has 0 bridgehead atoms. The van der Waals surface area contributed by atoms with Gasteiger partial charge in [0.1, 0.15) is 11.5 Å². The summed E-state index contributed by atoms with van der Waals surface area (Å²) in [5.41, 5.74) is 4.67. The minimum Gasteiger partial charge on any atom is -0.494 e. The van der Waals surface area contributed by atoms with Crippen LogP contribution in [0.2, 0.25) is 0 Å². The summed E-state index contributed by atoms with van der Waals surface area (Å²) in [6.45, 7) is 10.8. The molecule has 2 aromatic heterocycles. The highest BCUT2D eigenvalue weighted by molar-refractivity contribution is 5.56. The molecule has 2 aliphatic rings. The third-order valence-electron chi connectivity index (χ3n) is 17.7. The standard InChI is InChI=1S/C37H60N2O.C35H56N2O/c1-3-5-7-9-11-13-15-17-29-40-36-27-25-35(26-28-36)37-38-30-34(31-39-37)24-23-33-21-19-32(20-22-33)18-16-14-12-10-8-6-4-2;1-3-5-7-9-10-11-13-15-27-38-34-25-23-33(24-26-34)35-36-28-32(29-37-35)22-21-31-19-17-30(18-20-31)16-14-12-8-6-4-2/h25-28,30-33H,3-24,29H2,1-2H3;23-26,28-31H,3-22,27H2,1-2H3. The van der Waals surface area contributed by atoms with E-state index in [1.54, 1.807) is 0 Å². The van der Waals surface area contributed by atoms with Crippen LogP contribution in [0.3, 0.4) is 0 Å². The third-order valence-corrected chi connectivity index (χ3v) is 17.7. The zero-order valence-electron chi connectivity index (χ0n) is 51.0. The zero-order valence-corrected chi connectivity index (χ0v) is 51.0. The van der Waals surface area contributed by atoms with E-state index in [-0.39, 0.29) is 0 Å². The van der Waals surface area contributed by atoms with Crippen molar-refractivity contribution >= 4 is 0 Å². The Balaban J connectivity index is 0.000000288. The van der Waals surface area contributed by atoms with Gasteiger partial charge in [0.2, 0.25) is 0 Å². The Morgan fingerprint density at radius 2 is 0.564 bits per heavy atom. The number of aryl methyl sites for hydroxylation is 2. The molecule has 6 heteroatoms. The predicted octanol–water partition coefficient (Wildman–Crippen LogP) is 22.3. The molecule has 6 nitrogen and oxygen atoms in total. The van der Waals surface area contributed by atoms with Gasteiger partial charge >= 0.3 is 0 Å². The molecule has 436 valence electrons. The van der Waals surface area contributed by atoms with Crippen molar-refractivity contribution in [3.8, 4) is 34.3 Å². The van der Waals surface area contributed by atoms with Gasteiger partial charge in [-0.15, -0.1) is 0 Å². The smallest absolute Gasteiger partial charge is 0.159 e. The number of rotatable bonds is 42. The summed E-state index contributed by atoms with van der Waals surface area (Å²) in [6, 6.07) is 16.6. The molecule has 78 heavy (non-hydrogen) atoms. The number of hydrogen-bond acceptors (Lipinski definition) is 6.